The molecule has 2 N–H and O–H groups in total. The molecule has 0 spiro atoms. The van der Waals surface area contributed by atoms with Crippen LogP contribution in [0.3, 0.4) is 0 Å². The maximum absolute atomic E-state index is 15.2. The average molecular weight is 414 g/mol. The van der Waals surface area contributed by atoms with Crippen molar-refractivity contribution in [3.8, 4) is 11.1 Å². The fraction of sp³-hybridized carbons (Fsp3) is 0.250. The first-order valence-corrected chi connectivity index (χ1v) is 9.59. The van der Waals surface area contributed by atoms with Gasteiger partial charge in [0.15, 0.2) is 0 Å². The van der Waals surface area contributed by atoms with Crippen molar-refractivity contribution < 1.29 is 14.2 Å². The van der Waals surface area contributed by atoms with E-state index in [2.05, 4.69) is 5.32 Å². The minimum absolute atomic E-state index is 0. The third-order valence-electron chi connectivity index (χ3n) is 5.36. The number of aliphatic hydroxyl groups is 1. The Hall–Kier alpha value is -2.24. The summed E-state index contributed by atoms with van der Waals surface area (Å²) in [5.41, 5.74) is 2.97. The fourth-order valence-corrected chi connectivity index (χ4v) is 3.98. The van der Waals surface area contributed by atoms with Crippen molar-refractivity contribution in [1.82, 2.24) is 5.32 Å². The molecular formula is C24H25ClFNO2. The number of rotatable bonds is 4. The summed E-state index contributed by atoms with van der Waals surface area (Å²) in [6.45, 7) is 3.33. The Bertz CT molecular complexity index is 956. The second-order valence-corrected chi connectivity index (χ2v) is 7.18. The molecule has 4 rings (SSSR count). The Labute approximate surface area is 177 Å². The molecule has 1 heterocycles. The molecule has 0 bridgehead atoms. The Morgan fingerprint density at radius 2 is 1.69 bits per heavy atom. The highest BCUT2D eigenvalue weighted by atomic mass is 35.5. The van der Waals surface area contributed by atoms with E-state index in [9.17, 15) is 5.11 Å². The highest BCUT2D eigenvalue weighted by Crippen LogP contribution is 2.41. The first-order valence-electron chi connectivity index (χ1n) is 9.59. The number of ether oxygens (including phenoxy) is 1. The minimum Gasteiger partial charge on any atom is -0.389 e. The lowest BCUT2D eigenvalue weighted by molar-refractivity contribution is -0.0441. The highest BCUT2D eigenvalue weighted by molar-refractivity contribution is 5.85. The molecule has 3 aromatic rings. The van der Waals surface area contributed by atoms with E-state index < -0.39 is 11.7 Å². The SMILES string of the molecule is CC(O)c1ccccc1C1(c2cc(-c3ccccc3)ccc2F)CNCCO1.Cl. The average Bonchev–Trinajstić information content (AvgIpc) is 2.75. The van der Waals surface area contributed by atoms with E-state index in [0.717, 1.165) is 22.3 Å². The van der Waals surface area contributed by atoms with E-state index in [1.807, 2.05) is 60.7 Å². The van der Waals surface area contributed by atoms with Gasteiger partial charge >= 0.3 is 0 Å². The van der Waals surface area contributed by atoms with Crippen LogP contribution in [0.1, 0.15) is 29.7 Å². The summed E-state index contributed by atoms with van der Waals surface area (Å²) < 4.78 is 21.4. The topological polar surface area (TPSA) is 41.5 Å². The van der Waals surface area contributed by atoms with Crippen LogP contribution >= 0.6 is 12.4 Å². The molecule has 3 aromatic carbocycles. The van der Waals surface area contributed by atoms with Crippen molar-refractivity contribution in [3.05, 3.63) is 95.3 Å². The van der Waals surface area contributed by atoms with Gasteiger partial charge in [0.05, 0.1) is 12.7 Å². The third kappa shape index (κ3) is 4.07. The summed E-state index contributed by atoms with van der Waals surface area (Å²) in [7, 11) is 0. The van der Waals surface area contributed by atoms with Crippen molar-refractivity contribution in [2.45, 2.75) is 18.6 Å². The van der Waals surface area contributed by atoms with Crippen LogP contribution in [0.25, 0.3) is 11.1 Å². The lowest BCUT2D eigenvalue weighted by atomic mass is 9.80. The van der Waals surface area contributed by atoms with Gasteiger partial charge in [-0.2, -0.15) is 0 Å². The van der Waals surface area contributed by atoms with Gasteiger partial charge in [-0.25, -0.2) is 4.39 Å². The van der Waals surface area contributed by atoms with Gasteiger partial charge in [0.25, 0.3) is 0 Å². The molecule has 1 aliphatic rings. The summed E-state index contributed by atoms with van der Waals surface area (Å²) in [5.74, 6) is -0.316. The predicted octanol–water partition coefficient (Wildman–Crippen LogP) is 4.83. The molecule has 0 saturated carbocycles. The quantitative estimate of drug-likeness (QED) is 0.643. The summed E-state index contributed by atoms with van der Waals surface area (Å²) in [4.78, 5) is 0. The van der Waals surface area contributed by atoms with Gasteiger partial charge in [-0.05, 0) is 41.3 Å². The van der Waals surface area contributed by atoms with Crippen LogP contribution < -0.4 is 5.32 Å². The first-order chi connectivity index (χ1) is 13.6. The highest BCUT2D eigenvalue weighted by Gasteiger charge is 2.41. The van der Waals surface area contributed by atoms with Crippen LogP contribution in [0.5, 0.6) is 0 Å². The van der Waals surface area contributed by atoms with Gasteiger partial charge in [0.2, 0.25) is 0 Å². The number of benzene rings is 3. The van der Waals surface area contributed by atoms with Crippen LogP contribution in [0.4, 0.5) is 4.39 Å². The second-order valence-electron chi connectivity index (χ2n) is 7.18. The molecule has 1 aliphatic heterocycles. The van der Waals surface area contributed by atoms with Crippen LogP contribution in [0.15, 0.2) is 72.8 Å². The molecule has 152 valence electrons. The number of morpholine rings is 1. The summed E-state index contributed by atoms with van der Waals surface area (Å²) >= 11 is 0. The van der Waals surface area contributed by atoms with Crippen molar-refractivity contribution in [2.75, 3.05) is 19.7 Å². The van der Waals surface area contributed by atoms with Gasteiger partial charge in [0, 0.05) is 18.7 Å². The number of hydrogen-bond acceptors (Lipinski definition) is 3. The Balaban J connectivity index is 0.00000240. The van der Waals surface area contributed by atoms with Gasteiger partial charge < -0.3 is 15.2 Å². The minimum atomic E-state index is -0.999. The Kier molecular flexibility index (Phi) is 6.70. The molecule has 0 amide bonds. The Morgan fingerprint density at radius 3 is 2.38 bits per heavy atom. The zero-order valence-corrected chi connectivity index (χ0v) is 17.1. The molecule has 0 radical (unpaired) electrons. The maximum Gasteiger partial charge on any atom is 0.134 e. The van der Waals surface area contributed by atoms with E-state index in [1.165, 1.54) is 6.07 Å². The second kappa shape index (κ2) is 9.06. The molecule has 1 saturated heterocycles. The van der Waals surface area contributed by atoms with Gasteiger partial charge in [-0.15, -0.1) is 12.4 Å². The number of nitrogens with one attached hydrogen (secondary N) is 1. The van der Waals surface area contributed by atoms with E-state index in [-0.39, 0.29) is 18.2 Å². The number of halogens is 2. The van der Waals surface area contributed by atoms with E-state index >= 15 is 4.39 Å². The van der Waals surface area contributed by atoms with Crippen molar-refractivity contribution in [3.63, 3.8) is 0 Å². The normalized spacial score (nSPS) is 20.0. The molecule has 0 aromatic heterocycles. The van der Waals surface area contributed by atoms with E-state index in [1.54, 1.807) is 13.0 Å². The number of hydrogen-bond donors (Lipinski definition) is 2. The van der Waals surface area contributed by atoms with Crippen LogP contribution in [0, 0.1) is 5.82 Å². The molecule has 3 nitrogen and oxygen atoms in total. The molecule has 29 heavy (non-hydrogen) atoms. The summed E-state index contributed by atoms with van der Waals surface area (Å²) in [6, 6.07) is 22.7. The van der Waals surface area contributed by atoms with Gasteiger partial charge in [-0.1, -0.05) is 60.7 Å². The lowest BCUT2D eigenvalue weighted by Crippen LogP contribution is -2.49. The third-order valence-corrected chi connectivity index (χ3v) is 5.36. The predicted molar refractivity (Wildman–Crippen MR) is 116 cm³/mol. The smallest absolute Gasteiger partial charge is 0.134 e. The molecule has 1 fully saturated rings. The van der Waals surface area contributed by atoms with Gasteiger partial charge in [0.1, 0.15) is 11.4 Å². The number of aliphatic hydroxyl groups excluding tert-OH is 1. The lowest BCUT2D eigenvalue weighted by Gasteiger charge is -2.40. The molecule has 2 atom stereocenters. The fourth-order valence-electron chi connectivity index (χ4n) is 3.98. The zero-order chi connectivity index (χ0) is 19.6. The zero-order valence-electron chi connectivity index (χ0n) is 16.3. The van der Waals surface area contributed by atoms with Crippen molar-refractivity contribution in [1.29, 1.82) is 0 Å². The maximum atomic E-state index is 15.2. The largest absolute Gasteiger partial charge is 0.389 e. The van der Waals surface area contributed by atoms with E-state index in [0.29, 0.717) is 25.3 Å². The van der Waals surface area contributed by atoms with Gasteiger partial charge in [-0.3, -0.25) is 0 Å². The molecular weight excluding hydrogens is 389 g/mol. The van der Waals surface area contributed by atoms with Crippen LogP contribution in [-0.4, -0.2) is 24.8 Å². The van der Waals surface area contributed by atoms with Crippen LogP contribution in [-0.2, 0) is 10.3 Å². The first kappa shape index (κ1) is 21.5. The van der Waals surface area contributed by atoms with Crippen LogP contribution in [0.2, 0.25) is 0 Å². The Morgan fingerprint density at radius 1 is 0.966 bits per heavy atom. The molecule has 2 unspecified atom stereocenters. The summed E-state index contributed by atoms with van der Waals surface area (Å²) in [5, 5.41) is 13.7. The van der Waals surface area contributed by atoms with Crippen molar-refractivity contribution in [2.24, 2.45) is 0 Å². The van der Waals surface area contributed by atoms with Crippen molar-refractivity contribution >= 4 is 12.4 Å². The molecule has 0 aliphatic carbocycles. The van der Waals surface area contributed by atoms with E-state index in [4.69, 9.17) is 4.74 Å². The molecule has 5 heteroatoms. The summed E-state index contributed by atoms with van der Waals surface area (Å²) in [6.07, 6.45) is -0.682. The monoisotopic (exact) mass is 413 g/mol. The standard InChI is InChI=1S/C24H24FNO2.ClH/c1-17(27)20-9-5-6-10-21(20)24(16-26-13-14-28-24)22-15-19(11-12-23(22)25)18-7-3-2-4-8-18;/h2-12,15,17,26-27H,13-14,16H2,1H3;1H.